The van der Waals surface area contributed by atoms with Crippen molar-refractivity contribution >= 4 is 34.2 Å². The molecule has 1 aliphatic heterocycles. The number of amides is 1. The van der Waals surface area contributed by atoms with E-state index in [2.05, 4.69) is 25.3 Å². The molecule has 1 N–H and O–H groups in total. The molecular weight excluding hydrogens is 489 g/mol. The summed E-state index contributed by atoms with van der Waals surface area (Å²) >= 11 is 0. The van der Waals surface area contributed by atoms with Crippen molar-refractivity contribution in [3.63, 3.8) is 0 Å². The summed E-state index contributed by atoms with van der Waals surface area (Å²) in [4.78, 5) is 25.1. The van der Waals surface area contributed by atoms with Gasteiger partial charge < -0.3 is 24.6 Å². The molecule has 0 unspecified atom stereocenters. The number of nitrogens with one attached hydrogen (secondary N) is 1. The number of benzene rings is 2. The number of anilines is 3. The number of rotatable bonds is 5. The summed E-state index contributed by atoms with van der Waals surface area (Å²) in [5.74, 6) is 0.724. The van der Waals surface area contributed by atoms with Gasteiger partial charge >= 0.3 is 6.09 Å². The minimum Gasteiger partial charge on any atom is -0.444 e. The van der Waals surface area contributed by atoms with Crippen LogP contribution in [0.2, 0.25) is 0 Å². The lowest BCUT2D eigenvalue weighted by atomic mass is 10.1. The second-order valence-electron chi connectivity index (χ2n) is 10.1. The van der Waals surface area contributed by atoms with Crippen molar-refractivity contribution in [2.24, 2.45) is 7.05 Å². The molecule has 38 heavy (non-hydrogen) atoms. The smallest absolute Gasteiger partial charge is 0.410 e. The zero-order valence-electron chi connectivity index (χ0n) is 21.8. The first kappa shape index (κ1) is 25.2. The van der Waals surface area contributed by atoms with Gasteiger partial charge in [0.25, 0.3) is 0 Å². The van der Waals surface area contributed by atoms with Gasteiger partial charge in [0.05, 0.1) is 11.2 Å². The highest BCUT2D eigenvalue weighted by molar-refractivity contribution is 5.93. The third kappa shape index (κ3) is 5.77. The van der Waals surface area contributed by atoms with Crippen LogP contribution in [-0.2, 0) is 11.8 Å². The molecule has 0 aliphatic carbocycles. The number of aromatic nitrogens is 4. The van der Waals surface area contributed by atoms with Gasteiger partial charge in [-0.3, -0.25) is 4.68 Å². The van der Waals surface area contributed by atoms with Gasteiger partial charge in [0, 0.05) is 62.6 Å². The average molecular weight is 520 g/mol. The van der Waals surface area contributed by atoms with Gasteiger partial charge in [-0.05, 0) is 51.1 Å². The number of fused-ring (bicyclic) bond motifs is 1. The van der Waals surface area contributed by atoms with Gasteiger partial charge in [0.2, 0.25) is 5.88 Å². The van der Waals surface area contributed by atoms with E-state index in [1.165, 1.54) is 12.4 Å². The van der Waals surface area contributed by atoms with E-state index in [0.717, 1.165) is 16.6 Å². The van der Waals surface area contributed by atoms with E-state index in [4.69, 9.17) is 9.47 Å². The molecule has 11 heteroatoms. The minimum atomic E-state index is -0.526. The summed E-state index contributed by atoms with van der Waals surface area (Å²) in [5, 5.41) is 8.00. The standard InChI is InChI=1S/C27H30FN7O3/c1-27(2,3)38-26(36)35-13-11-34(12-14-35)18-5-7-22-20(15-18)25(30-17-29-22)31-23-8-6-19(16-21(23)28)37-24-9-10-33(4)32-24/h5-10,15-17H,11-14H2,1-4H3,(H,29,30,31). The summed E-state index contributed by atoms with van der Waals surface area (Å²) in [7, 11) is 1.78. The normalized spacial score (nSPS) is 14.0. The Kier molecular flexibility index (Phi) is 6.75. The molecule has 3 heterocycles. The van der Waals surface area contributed by atoms with E-state index in [1.54, 1.807) is 41.0 Å². The molecule has 1 aliphatic rings. The largest absolute Gasteiger partial charge is 0.444 e. The zero-order valence-corrected chi connectivity index (χ0v) is 21.8. The summed E-state index contributed by atoms with van der Waals surface area (Å²) in [6.07, 6.45) is 2.89. The highest BCUT2D eigenvalue weighted by atomic mass is 19.1. The molecule has 1 saturated heterocycles. The van der Waals surface area contributed by atoms with Crippen molar-refractivity contribution in [3.05, 3.63) is 60.8 Å². The monoisotopic (exact) mass is 519 g/mol. The molecule has 4 aromatic rings. The molecule has 198 valence electrons. The molecule has 1 fully saturated rings. The third-order valence-corrected chi connectivity index (χ3v) is 6.02. The summed E-state index contributed by atoms with van der Waals surface area (Å²) in [6, 6.07) is 12.2. The van der Waals surface area contributed by atoms with E-state index >= 15 is 0 Å². The molecule has 0 radical (unpaired) electrons. The van der Waals surface area contributed by atoms with Crippen molar-refractivity contribution in [1.29, 1.82) is 0 Å². The highest BCUT2D eigenvalue weighted by Gasteiger charge is 2.26. The number of halogens is 1. The minimum absolute atomic E-state index is 0.259. The van der Waals surface area contributed by atoms with E-state index in [-0.39, 0.29) is 11.8 Å². The average Bonchev–Trinajstić information content (AvgIpc) is 3.29. The van der Waals surface area contributed by atoms with Crippen LogP contribution in [0.4, 0.5) is 26.4 Å². The predicted octanol–water partition coefficient (Wildman–Crippen LogP) is 5.10. The lowest BCUT2D eigenvalue weighted by Gasteiger charge is -2.36. The van der Waals surface area contributed by atoms with Crippen LogP contribution in [-0.4, -0.2) is 62.5 Å². The number of ether oxygens (including phenoxy) is 2. The van der Waals surface area contributed by atoms with Crippen molar-refractivity contribution in [3.8, 4) is 11.6 Å². The van der Waals surface area contributed by atoms with Crippen LogP contribution in [0.1, 0.15) is 20.8 Å². The predicted molar refractivity (Wildman–Crippen MR) is 143 cm³/mol. The maximum Gasteiger partial charge on any atom is 0.410 e. The SMILES string of the molecule is Cn1ccc(Oc2ccc(Nc3ncnc4ccc(N5CCN(C(=O)OC(C)(C)C)CC5)cc34)c(F)c2)n1. The number of hydrogen-bond acceptors (Lipinski definition) is 8. The van der Waals surface area contributed by atoms with Crippen molar-refractivity contribution in [2.45, 2.75) is 26.4 Å². The molecule has 10 nitrogen and oxygen atoms in total. The third-order valence-electron chi connectivity index (χ3n) is 6.02. The van der Waals surface area contributed by atoms with E-state index in [9.17, 15) is 9.18 Å². The number of piperazine rings is 1. The lowest BCUT2D eigenvalue weighted by molar-refractivity contribution is 0.0240. The number of hydrogen-bond donors (Lipinski definition) is 1. The number of carbonyl (C=O) groups excluding carboxylic acids is 1. The molecule has 0 atom stereocenters. The van der Waals surface area contributed by atoms with E-state index < -0.39 is 11.4 Å². The Labute approximate surface area is 220 Å². The van der Waals surface area contributed by atoms with Crippen LogP contribution in [0.25, 0.3) is 10.9 Å². The first-order chi connectivity index (χ1) is 18.1. The molecule has 2 aromatic carbocycles. The topological polar surface area (TPSA) is 97.6 Å². The van der Waals surface area contributed by atoms with E-state index in [0.29, 0.717) is 43.6 Å². The van der Waals surface area contributed by atoms with Crippen LogP contribution >= 0.6 is 0 Å². The Bertz CT molecular complexity index is 1460. The van der Waals surface area contributed by atoms with Gasteiger partial charge in [0.1, 0.15) is 29.3 Å². The summed E-state index contributed by atoms with van der Waals surface area (Å²) in [6.45, 7) is 8.02. The fourth-order valence-electron chi connectivity index (χ4n) is 4.17. The quantitative estimate of drug-likeness (QED) is 0.389. The Morgan fingerprint density at radius 2 is 1.82 bits per heavy atom. The van der Waals surface area contributed by atoms with Gasteiger partial charge in [0.15, 0.2) is 0 Å². The molecule has 2 aromatic heterocycles. The lowest BCUT2D eigenvalue weighted by Crippen LogP contribution is -2.50. The van der Waals surface area contributed by atoms with Crippen LogP contribution in [0.5, 0.6) is 11.6 Å². The Hall–Kier alpha value is -4.41. The van der Waals surface area contributed by atoms with Gasteiger partial charge in [-0.15, -0.1) is 5.10 Å². The Morgan fingerprint density at radius 1 is 1.03 bits per heavy atom. The maximum atomic E-state index is 15.0. The van der Waals surface area contributed by atoms with Crippen molar-refractivity contribution < 1.29 is 18.7 Å². The molecule has 0 saturated carbocycles. The zero-order chi connectivity index (χ0) is 26.9. The summed E-state index contributed by atoms with van der Waals surface area (Å²) in [5.41, 5.74) is 1.43. The van der Waals surface area contributed by atoms with Crippen LogP contribution in [0, 0.1) is 5.82 Å². The Morgan fingerprint density at radius 3 is 2.50 bits per heavy atom. The van der Waals surface area contributed by atoms with Gasteiger partial charge in [-0.1, -0.05) is 0 Å². The number of nitrogens with zero attached hydrogens (tertiary/aromatic N) is 6. The highest BCUT2D eigenvalue weighted by Crippen LogP contribution is 2.31. The molecule has 0 bridgehead atoms. The van der Waals surface area contributed by atoms with Crippen LogP contribution < -0.4 is 15.0 Å². The first-order valence-corrected chi connectivity index (χ1v) is 12.4. The Balaban J connectivity index is 1.31. The summed E-state index contributed by atoms with van der Waals surface area (Å²) < 4.78 is 27.7. The first-order valence-electron chi connectivity index (χ1n) is 12.4. The van der Waals surface area contributed by atoms with Gasteiger partial charge in [-0.25, -0.2) is 19.2 Å². The fraction of sp³-hybridized carbons (Fsp3) is 0.333. The van der Waals surface area contributed by atoms with Crippen LogP contribution in [0.15, 0.2) is 55.0 Å². The fourth-order valence-corrected chi connectivity index (χ4v) is 4.17. The van der Waals surface area contributed by atoms with Crippen molar-refractivity contribution in [1.82, 2.24) is 24.6 Å². The van der Waals surface area contributed by atoms with E-state index in [1.807, 2.05) is 39.0 Å². The molecule has 1 amide bonds. The molecular formula is C27H30FN7O3. The van der Waals surface area contributed by atoms with Crippen LogP contribution in [0.3, 0.4) is 0 Å². The van der Waals surface area contributed by atoms with Gasteiger partial charge in [-0.2, -0.15) is 0 Å². The number of carbonyl (C=O) groups is 1. The second-order valence-corrected chi connectivity index (χ2v) is 10.1. The van der Waals surface area contributed by atoms with Crippen molar-refractivity contribution in [2.75, 3.05) is 36.4 Å². The second kappa shape index (κ2) is 10.2. The molecule has 5 rings (SSSR count). The molecule has 0 spiro atoms. The maximum absolute atomic E-state index is 15.0. The number of aryl methyl sites for hydroxylation is 1.